The van der Waals surface area contributed by atoms with Gasteiger partial charge in [0.05, 0.1) is 0 Å². The van der Waals surface area contributed by atoms with E-state index in [1.165, 1.54) is 6.07 Å². The van der Waals surface area contributed by atoms with Crippen LogP contribution in [-0.4, -0.2) is 31.7 Å². The van der Waals surface area contributed by atoms with Crippen molar-refractivity contribution >= 4 is 11.6 Å². The van der Waals surface area contributed by atoms with Crippen molar-refractivity contribution in [2.45, 2.75) is 18.6 Å². The van der Waals surface area contributed by atoms with Gasteiger partial charge in [0.1, 0.15) is 12.4 Å². The van der Waals surface area contributed by atoms with Gasteiger partial charge in [0.2, 0.25) is 0 Å². The topological polar surface area (TPSA) is 63.8 Å². The van der Waals surface area contributed by atoms with Crippen LogP contribution in [0, 0.1) is 5.82 Å². The lowest BCUT2D eigenvalue weighted by Gasteiger charge is -2.27. The van der Waals surface area contributed by atoms with Gasteiger partial charge >= 0.3 is 0 Å². The molecular formula is C10H8ClF3N4O. The van der Waals surface area contributed by atoms with Crippen molar-refractivity contribution in [2.24, 2.45) is 0 Å². The monoisotopic (exact) mass is 292 g/mol. The summed E-state index contributed by atoms with van der Waals surface area (Å²) in [7, 11) is 0. The van der Waals surface area contributed by atoms with E-state index in [9.17, 15) is 18.3 Å². The number of tetrazole rings is 1. The Kier molecular flexibility index (Phi) is 3.72. The minimum Gasteiger partial charge on any atom is -0.377 e. The summed E-state index contributed by atoms with van der Waals surface area (Å²) < 4.78 is 39.9. The second-order valence-corrected chi connectivity index (χ2v) is 4.25. The number of aromatic nitrogens is 4. The number of hydrogen-bond acceptors (Lipinski definition) is 4. The van der Waals surface area contributed by atoms with Crippen LogP contribution in [0.1, 0.15) is 5.56 Å². The molecule has 1 atom stereocenters. The highest BCUT2D eigenvalue weighted by Gasteiger charge is 2.43. The Labute approximate surface area is 110 Å². The maximum atomic E-state index is 13.7. The summed E-state index contributed by atoms with van der Waals surface area (Å²) in [5.74, 6) is -1.03. The van der Waals surface area contributed by atoms with E-state index in [0.29, 0.717) is 0 Å². The van der Waals surface area contributed by atoms with Gasteiger partial charge < -0.3 is 5.11 Å². The maximum absolute atomic E-state index is 13.7. The first-order chi connectivity index (χ1) is 8.93. The highest BCUT2D eigenvalue weighted by atomic mass is 35.5. The van der Waals surface area contributed by atoms with Gasteiger partial charge in [-0.05, 0) is 17.3 Å². The number of alkyl halides is 2. The van der Waals surface area contributed by atoms with Gasteiger partial charge in [0.15, 0.2) is 11.9 Å². The van der Waals surface area contributed by atoms with E-state index in [4.69, 9.17) is 11.6 Å². The normalized spacial score (nSPS) is 14.6. The molecule has 0 saturated carbocycles. The fourth-order valence-corrected chi connectivity index (χ4v) is 1.75. The molecule has 2 rings (SSSR count). The van der Waals surface area contributed by atoms with E-state index in [1.807, 2.05) is 0 Å². The van der Waals surface area contributed by atoms with E-state index in [-0.39, 0.29) is 5.02 Å². The molecule has 9 heteroatoms. The smallest absolute Gasteiger partial charge is 0.272 e. The lowest BCUT2D eigenvalue weighted by Crippen LogP contribution is -2.40. The first-order valence-corrected chi connectivity index (χ1v) is 5.48. The number of benzene rings is 1. The number of nitrogens with zero attached hydrogens (tertiary/aromatic N) is 4. The third-order valence-electron chi connectivity index (χ3n) is 2.53. The molecule has 1 aromatic heterocycles. The fourth-order valence-electron chi connectivity index (χ4n) is 1.59. The Morgan fingerprint density at radius 3 is 2.68 bits per heavy atom. The second kappa shape index (κ2) is 5.14. The Balaban J connectivity index is 2.43. The summed E-state index contributed by atoms with van der Waals surface area (Å²) in [6, 6.07) is 3.06. The first-order valence-electron chi connectivity index (χ1n) is 5.10. The summed E-state index contributed by atoms with van der Waals surface area (Å²) in [5.41, 5.74) is -3.35. The highest BCUT2D eigenvalue weighted by molar-refractivity contribution is 6.30. The van der Waals surface area contributed by atoms with Crippen LogP contribution in [0.5, 0.6) is 0 Å². The predicted molar refractivity (Wildman–Crippen MR) is 59.1 cm³/mol. The molecule has 0 bridgehead atoms. The first kappa shape index (κ1) is 13.8. The molecular weight excluding hydrogens is 285 g/mol. The summed E-state index contributed by atoms with van der Waals surface area (Å²) >= 11 is 5.54. The Morgan fingerprint density at radius 1 is 1.42 bits per heavy atom. The average molecular weight is 293 g/mol. The Morgan fingerprint density at radius 2 is 2.16 bits per heavy atom. The molecule has 2 aromatic rings. The van der Waals surface area contributed by atoms with Crippen molar-refractivity contribution in [1.82, 2.24) is 20.2 Å². The standard InChI is InChI=1S/C10H8ClF3N4O/c11-6-1-2-7(8(12)3-6)10(19,9(13)14)4-18-16-5-15-17-18/h1-3,5,9,19H,4H2. The van der Waals surface area contributed by atoms with Crippen molar-refractivity contribution < 1.29 is 18.3 Å². The van der Waals surface area contributed by atoms with Gasteiger partial charge in [-0.15, -0.1) is 10.2 Å². The van der Waals surface area contributed by atoms with Crippen LogP contribution < -0.4 is 0 Å². The van der Waals surface area contributed by atoms with Crippen LogP contribution in [0.25, 0.3) is 0 Å². The molecule has 5 nitrogen and oxygen atoms in total. The van der Waals surface area contributed by atoms with Crippen LogP contribution in [-0.2, 0) is 12.1 Å². The summed E-state index contributed by atoms with van der Waals surface area (Å²) in [4.78, 5) is 0.750. The highest BCUT2D eigenvalue weighted by Crippen LogP contribution is 2.32. The van der Waals surface area contributed by atoms with Gasteiger partial charge in [0.25, 0.3) is 6.43 Å². The Bertz CT molecular complexity index is 566. The largest absolute Gasteiger partial charge is 0.377 e. The van der Waals surface area contributed by atoms with Crippen molar-refractivity contribution in [2.75, 3.05) is 0 Å². The fraction of sp³-hybridized carbons (Fsp3) is 0.300. The molecule has 0 aliphatic carbocycles. The van der Waals surface area contributed by atoms with Gasteiger partial charge in [0, 0.05) is 10.6 Å². The predicted octanol–water partition coefficient (Wildman–Crippen LogP) is 1.62. The van der Waals surface area contributed by atoms with E-state index in [2.05, 4.69) is 15.4 Å². The van der Waals surface area contributed by atoms with Gasteiger partial charge in [-0.2, -0.15) is 4.80 Å². The number of halogens is 4. The van der Waals surface area contributed by atoms with Gasteiger partial charge in [-0.1, -0.05) is 17.7 Å². The lowest BCUT2D eigenvalue weighted by atomic mass is 9.94. The van der Waals surface area contributed by atoms with E-state index in [1.54, 1.807) is 0 Å². The maximum Gasteiger partial charge on any atom is 0.272 e. The molecule has 1 heterocycles. The quantitative estimate of drug-likeness (QED) is 0.930. The van der Waals surface area contributed by atoms with E-state index in [0.717, 1.165) is 23.3 Å². The molecule has 0 saturated heterocycles. The molecule has 102 valence electrons. The number of hydrogen-bond donors (Lipinski definition) is 1. The van der Waals surface area contributed by atoms with Crippen molar-refractivity contribution in [3.05, 3.63) is 40.9 Å². The summed E-state index contributed by atoms with van der Waals surface area (Å²) in [5, 5.41) is 20.3. The van der Waals surface area contributed by atoms with Crippen molar-refractivity contribution in [3.63, 3.8) is 0 Å². The summed E-state index contributed by atoms with van der Waals surface area (Å²) in [6.45, 7) is -0.733. The summed E-state index contributed by atoms with van der Waals surface area (Å²) in [6.07, 6.45) is -2.22. The third kappa shape index (κ3) is 2.69. The van der Waals surface area contributed by atoms with E-state index >= 15 is 0 Å². The molecule has 1 unspecified atom stereocenters. The second-order valence-electron chi connectivity index (χ2n) is 3.82. The molecule has 0 spiro atoms. The average Bonchev–Trinajstić information content (AvgIpc) is 2.81. The van der Waals surface area contributed by atoms with Crippen LogP contribution >= 0.6 is 11.6 Å². The molecule has 0 amide bonds. The molecule has 0 fully saturated rings. The van der Waals surface area contributed by atoms with Crippen molar-refractivity contribution in [1.29, 1.82) is 0 Å². The molecule has 1 aromatic carbocycles. The molecule has 0 radical (unpaired) electrons. The van der Waals surface area contributed by atoms with Crippen LogP contribution in [0.2, 0.25) is 5.02 Å². The lowest BCUT2D eigenvalue weighted by molar-refractivity contribution is -0.118. The third-order valence-corrected chi connectivity index (χ3v) is 2.77. The zero-order valence-electron chi connectivity index (χ0n) is 9.34. The SMILES string of the molecule is OC(Cn1ncnn1)(c1ccc(Cl)cc1F)C(F)F. The molecule has 1 N–H and O–H groups in total. The van der Waals surface area contributed by atoms with Crippen LogP contribution in [0.4, 0.5) is 13.2 Å². The molecule has 0 aliphatic heterocycles. The zero-order valence-corrected chi connectivity index (χ0v) is 10.1. The zero-order chi connectivity index (χ0) is 14.0. The van der Waals surface area contributed by atoms with Gasteiger partial charge in [-0.25, -0.2) is 13.2 Å². The van der Waals surface area contributed by atoms with Crippen LogP contribution in [0.15, 0.2) is 24.5 Å². The van der Waals surface area contributed by atoms with E-state index < -0.39 is 30.0 Å². The number of rotatable bonds is 4. The minimum atomic E-state index is -3.24. The minimum absolute atomic E-state index is 0.0387. The van der Waals surface area contributed by atoms with Crippen molar-refractivity contribution in [3.8, 4) is 0 Å². The van der Waals surface area contributed by atoms with Gasteiger partial charge in [-0.3, -0.25) is 0 Å². The molecule has 19 heavy (non-hydrogen) atoms. The number of aliphatic hydroxyl groups is 1. The van der Waals surface area contributed by atoms with Crippen LogP contribution in [0.3, 0.4) is 0 Å². The Hall–Kier alpha value is -1.67. The molecule has 0 aliphatic rings.